The van der Waals surface area contributed by atoms with Gasteiger partial charge in [-0.3, -0.25) is 0 Å². The maximum Gasteiger partial charge on any atom is 0.292 e. The van der Waals surface area contributed by atoms with E-state index in [1.165, 1.54) is 32.1 Å². The summed E-state index contributed by atoms with van der Waals surface area (Å²) in [5.74, 6) is 0.701. The Kier molecular flexibility index (Phi) is 7.50. The van der Waals surface area contributed by atoms with Crippen LogP contribution in [0.5, 0.6) is 11.5 Å². The molecule has 3 nitrogen and oxygen atoms in total. The van der Waals surface area contributed by atoms with Crippen molar-refractivity contribution in [2.45, 2.75) is 58.3 Å². The number of aromatic hydroxyl groups is 1. The molecule has 104 valence electrons. The molecule has 0 aliphatic heterocycles. The van der Waals surface area contributed by atoms with E-state index < -0.39 is 0 Å². The molecular weight excluding hydrogens is 238 g/mol. The molecule has 1 aromatic rings. The van der Waals surface area contributed by atoms with Crippen LogP contribution in [0.2, 0.25) is 0 Å². The first-order valence-electron chi connectivity index (χ1n) is 7.16. The fraction of sp³-hybridized carbons (Fsp3) is 0.562. The molecule has 0 radical (unpaired) electrons. The van der Waals surface area contributed by atoms with Crippen molar-refractivity contribution in [3.63, 3.8) is 0 Å². The number of nitriles is 1. The molecule has 0 fully saturated rings. The highest BCUT2D eigenvalue weighted by Gasteiger charge is 2.08. The van der Waals surface area contributed by atoms with Crippen molar-refractivity contribution in [2.75, 3.05) is 0 Å². The third-order valence-electron chi connectivity index (χ3n) is 3.29. The summed E-state index contributed by atoms with van der Waals surface area (Å²) in [4.78, 5) is 0. The minimum absolute atomic E-state index is 0.221. The summed E-state index contributed by atoms with van der Waals surface area (Å²) in [6.45, 7) is 2.22. The van der Waals surface area contributed by atoms with Crippen molar-refractivity contribution in [1.29, 1.82) is 5.26 Å². The van der Waals surface area contributed by atoms with Crippen LogP contribution in [0.3, 0.4) is 0 Å². The fourth-order valence-corrected chi connectivity index (χ4v) is 2.21. The van der Waals surface area contributed by atoms with Gasteiger partial charge in [-0.25, -0.2) is 0 Å². The van der Waals surface area contributed by atoms with Gasteiger partial charge in [0.1, 0.15) is 11.5 Å². The van der Waals surface area contributed by atoms with Crippen LogP contribution >= 0.6 is 0 Å². The second kappa shape index (κ2) is 9.27. The molecule has 0 atom stereocenters. The first-order chi connectivity index (χ1) is 9.29. The summed E-state index contributed by atoms with van der Waals surface area (Å²) >= 11 is 0. The van der Waals surface area contributed by atoms with Crippen molar-refractivity contribution in [2.24, 2.45) is 0 Å². The predicted molar refractivity (Wildman–Crippen MR) is 76.0 cm³/mol. The lowest BCUT2D eigenvalue weighted by Crippen LogP contribution is -1.93. The van der Waals surface area contributed by atoms with Gasteiger partial charge >= 0.3 is 0 Å². The molecule has 0 bridgehead atoms. The van der Waals surface area contributed by atoms with E-state index in [-0.39, 0.29) is 5.75 Å². The molecule has 0 spiro atoms. The standard InChI is InChI=1S/C16H23NO2/c1-2-3-4-5-6-7-8-10-14-15(18)11-9-12-16(14)19-13-17/h9,11-12,18H,2-8,10H2,1H3. The summed E-state index contributed by atoms with van der Waals surface area (Å²) in [6.07, 6.45) is 11.0. The number of hydrogen-bond acceptors (Lipinski definition) is 3. The summed E-state index contributed by atoms with van der Waals surface area (Å²) in [5, 5.41) is 18.4. The number of benzene rings is 1. The van der Waals surface area contributed by atoms with E-state index in [4.69, 9.17) is 10.00 Å². The van der Waals surface area contributed by atoms with Crippen molar-refractivity contribution in [1.82, 2.24) is 0 Å². The van der Waals surface area contributed by atoms with Gasteiger partial charge in [0.05, 0.1) is 0 Å². The smallest absolute Gasteiger partial charge is 0.292 e. The highest BCUT2D eigenvalue weighted by molar-refractivity contribution is 5.44. The number of nitrogens with zero attached hydrogens (tertiary/aromatic N) is 1. The molecule has 0 heterocycles. The summed E-state index contributed by atoms with van der Waals surface area (Å²) in [6, 6.07) is 5.05. The zero-order valence-electron chi connectivity index (χ0n) is 11.7. The quantitative estimate of drug-likeness (QED) is 0.524. The SMILES string of the molecule is CCCCCCCCCc1c(O)cccc1OC#N. The third kappa shape index (κ3) is 5.65. The van der Waals surface area contributed by atoms with Crippen LogP contribution in [0.4, 0.5) is 0 Å². The number of rotatable bonds is 9. The van der Waals surface area contributed by atoms with Gasteiger partial charge in [0.15, 0.2) is 0 Å². The number of phenols is 1. The Morgan fingerprint density at radius 3 is 2.47 bits per heavy atom. The van der Waals surface area contributed by atoms with Crippen LogP contribution in [0.15, 0.2) is 18.2 Å². The monoisotopic (exact) mass is 261 g/mol. The van der Waals surface area contributed by atoms with Gasteiger partial charge in [-0.2, -0.15) is 0 Å². The zero-order valence-corrected chi connectivity index (χ0v) is 11.7. The van der Waals surface area contributed by atoms with Crippen LogP contribution in [0.25, 0.3) is 0 Å². The number of ether oxygens (including phenoxy) is 1. The van der Waals surface area contributed by atoms with Crippen LogP contribution in [-0.2, 0) is 6.42 Å². The van der Waals surface area contributed by atoms with E-state index in [2.05, 4.69) is 6.92 Å². The lowest BCUT2D eigenvalue weighted by Gasteiger charge is -2.08. The van der Waals surface area contributed by atoms with E-state index >= 15 is 0 Å². The Morgan fingerprint density at radius 2 is 1.79 bits per heavy atom. The van der Waals surface area contributed by atoms with E-state index in [0.29, 0.717) is 5.75 Å². The van der Waals surface area contributed by atoms with Crippen LogP contribution in [0, 0.1) is 11.5 Å². The van der Waals surface area contributed by atoms with Gasteiger partial charge in [0, 0.05) is 5.56 Å². The fourth-order valence-electron chi connectivity index (χ4n) is 2.21. The van der Waals surface area contributed by atoms with Crippen LogP contribution in [-0.4, -0.2) is 5.11 Å². The van der Waals surface area contributed by atoms with E-state index in [9.17, 15) is 5.11 Å². The molecule has 3 heteroatoms. The molecule has 0 saturated heterocycles. The van der Waals surface area contributed by atoms with Gasteiger partial charge < -0.3 is 9.84 Å². The highest BCUT2D eigenvalue weighted by atomic mass is 16.5. The molecule has 0 aliphatic rings. The maximum absolute atomic E-state index is 9.80. The lowest BCUT2D eigenvalue weighted by atomic mass is 10.0. The number of hydrogen-bond donors (Lipinski definition) is 1. The molecule has 1 N–H and O–H groups in total. The minimum Gasteiger partial charge on any atom is -0.508 e. The normalized spacial score (nSPS) is 10.1. The zero-order chi connectivity index (χ0) is 13.9. The van der Waals surface area contributed by atoms with Crippen molar-refractivity contribution >= 4 is 0 Å². The van der Waals surface area contributed by atoms with Gasteiger partial charge in [0.2, 0.25) is 0 Å². The average molecular weight is 261 g/mol. The molecule has 0 saturated carbocycles. The van der Waals surface area contributed by atoms with Crippen LogP contribution in [0.1, 0.15) is 57.4 Å². The second-order valence-corrected chi connectivity index (χ2v) is 4.82. The van der Waals surface area contributed by atoms with Crippen molar-refractivity contribution < 1.29 is 9.84 Å². The second-order valence-electron chi connectivity index (χ2n) is 4.82. The molecule has 0 aromatic heterocycles. The van der Waals surface area contributed by atoms with Gasteiger partial charge in [-0.1, -0.05) is 51.5 Å². The Hall–Kier alpha value is -1.69. The lowest BCUT2D eigenvalue weighted by molar-refractivity contribution is 0.448. The Labute approximate surface area is 115 Å². The summed E-state index contributed by atoms with van der Waals surface area (Å²) in [5.41, 5.74) is 0.748. The molecule has 1 aromatic carbocycles. The van der Waals surface area contributed by atoms with Gasteiger partial charge in [-0.05, 0) is 25.0 Å². The third-order valence-corrected chi connectivity index (χ3v) is 3.29. The first kappa shape index (κ1) is 15.4. The average Bonchev–Trinajstić information content (AvgIpc) is 2.41. The molecule has 19 heavy (non-hydrogen) atoms. The first-order valence-corrected chi connectivity index (χ1v) is 7.16. The number of phenolic OH excluding ortho intramolecular Hbond substituents is 1. The molecule has 0 aliphatic carbocycles. The van der Waals surface area contributed by atoms with Gasteiger partial charge in [0.25, 0.3) is 6.26 Å². The van der Waals surface area contributed by atoms with Crippen LogP contribution < -0.4 is 4.74 Å². The predicted octanol–water partition coefficient (Wildman–Crippen LogP) is 4.55. The summed E-state index contributed by atoms with van der Waals surface area (Å²) < 4.78 is 4.87. The highest BCUT2D eigenvalue weighted by Crippen LogP contribution is 2.29. The molecule has 1 rings (SSSR count). The van der Waals surface area contributed by atoms with Crippen molar-refractivity contribution in [3.8, 4) is 17.8 Å². The molecule has 0 amide bonds. The largest absolute Gasteiger partial charge is 0.508 e. The molecule has 0 unspecified atom stereocenters. The van der Waals surface area contributed by atoms with E-state index in [0.717, 1.165) is 24.8 Å². The summed E-state index contributed by atoms with van der Waals surface area (Å²) in [7, 11) is 0. The topological polar surface area (TPSA) is 53.2 Å². The van der Waals surface area contributed by atoms with E-state index in [1.54, 1.807) is 24.5 Å². The van der Waals surface area contributed by atoms with Crippen molar-refractivity contribution in [3.05, 3.63) is 23.8 Å². The van der Waals surface area contributed by atoms with Gasteiger partial charge in [-0.15, -0.1) is 5.26 Å². The maximum atomic E-state index is 9.80. The number of unbranched alkanes of at least 4 members (excludes halogenated alkanes) is 6. The van der Waals surface area contributed by atoms with E-state index in [1.807, 2.05) is 0 Å². The Balaban J connectivity index is 2.34. The Bertz CT molecular complexity index is 410. The minimum atomic E-state index is 0.221. The molecular formula is C16H23NO2. The Morgan fingerprint density at radius 1 is 1.11 bits per heavy atom.